The Morgan fingerprint density at radius 3 is 2.70 bits per heavy atom. The van der Waals surface area contributed by atoms with Crippen molar-refractivity contribution < 1.29 is 14.5 Å². The highest BCUT2D eigenvalue weighted by atomic mass is 32.1. The number of carbonyl (C=O) groups is 1. The maximum absolute atomic E-state index is 12.5. The molecule has 8 heteroatoms. The van der Waals surface area contributed by atoms with Crippen molar-refractivity contribution in [3.8, 4) is 18.1 Å². The fraction of sp³-hybridized carbons (Fsp3) is 0.158. The Morgan fingerprint density at radius 2 is 2.07 bits per heavy atom. The first kappa shape index (κ1) is 18.4. The molecule has 0 radical (unpaired) electrons. The van der Waals surface area contributed by atoms with Gasteiger partial charge >= 0.3 is 0 Å². The molecule has 0 aliphatic carbocycles. The second kappa shape index (κ2) is 7.85. The van der Waals surface area contributed by atoms with E-state index in [1.54, 1.807) is 4.57 Å². The van der Waals surface area contributed by atoms with E-state index in [4.69, 9.17) is 11.2 Å². The molecule has 0 fully saturated rings. The molecule has 1 amide bonds. The first-order valence-corrected chi connectivity index (χ1v) is 8.88. The maximum Gasteiger partial charge on any atom is 0.279 e. The molecule has 0 spiro atoms. The largest absolute Gasteiger partial charge is 0.494 e. The van der Waals surface area contributed by atoms with Crippen LogP contribution >= 0.6 is 11.3 Å². The maximum atomic E-state index is 12.5. The molecule has 7 nitrogen and oxygen atoms in total. The molecule has 1 aromatic heterocycles. The minimum atomic E-state index is -0.520. The zero-order valence-corrected chi connectivity index (χ0v) is 15.2. The monoisotopic (exact) mass is 381 g/mol. The van der Waals surface area contributed by atoms with E-state index in [9.17, 15) is 14.9 Å². The predicted octanol–water partition coefficient (Wildman–Crippen LogP) is 3.38. The summed E-state index contributed by atoms with van der Waals surface area (Å²) >= 11 is 1.33. The first-order chi connectivity index (χ1) is 13.0. The predicted molar refractivity (Wildman–Crippen MR) is 103 cm³/mol. The summed E-state index contributed by atoms with van der Waals surface area (Å²) in [5.74, 6) is 2.80. The fourth-order valence-electron chi connectivity index (χ4n) is 2.52. The van der Waals surface area contributed by atoms with E-state index >= 15 is 0 Å². The third-order valence-electron chi connectivity index (χ3n) is 3.74. The average molecular weight is 381 g/mol. The van der Waals surface area contributed by atoms with Crippen LogP contribution in [0.3, 0.4) is 0 Å². The van der Waals surface area contributed by atoms with Gasteiger partial charge in [0.25, 0.3) is 11.6 Å². The number of aromatic nitrogens is 1. The van der Waals surface area contributed by atoms with Gasteiger partial charge in [-0.15, -0.1) is 6.42 Å². The number of benzene rings is 2. The van der Waals surface area contributed by atoms with Crippen molar-refractivity contribution in [2.24, 2.45) is 4.99 Å². The van der Waals surface area contributed by atoms with Gasteiger partial charge in [-0.3, -0.25) is 14.9 Å². The number of carbonyl (C=O) groups excluding carboxylic acids is 1. The van der Waals surface area contributed by atoms with Crippen molar-refractivity contribution in [3.05, 3.63) is 62.9 Å². The number of nitrogens with zero attached hydrogens (tertiary/aromatic N) is 3. The second-order valence-corrected chi connectivity index (χ2v) is 6.47. The number of thiazole rings is 1. The summed E-state index contributed by atoms with van der Waals surface area (Å²) in [4.78, 5) is 27.3. The standard InChI is InChI=1S/C19H15N3O4S/c1-3-11-21-16-10-9-15(26-4-2)12-17(16)27-19(21)20-18(23)13-5-7-14(8-6-13)22(24)25/h1,5-10,12H,4,11H2,2H3. The van der Waals surface area contributed by atoms with Crippen LogP contribution in [-0.4, -0.2) is 22.0 Å². The number of terminal acetylenes is 1. The zero-order valence-electron chi connectivity index (χ0n) is 14.4. The highest BCUT2D eigenvalue weighted by Crippen LogP contribution is 2.23. The van der Waals surface area contributed by atoms with E-state index in [0.717, 1.165) is 16.0 Å². The topological polar surface area (TPSA) is 86.7 Å². The molecule has 0 saturated carbocycles. The number of non-ortho nitro benzene ring substituents is 1. The molecule has 1 heterocycles. The lowest BCUT2D eigenvalue weighted by molar-refractivity contribution is -0.384. The van der Waals surface area contributed by atoms with Crippen LogP contribution in [0, 0.1) is 22.5 Å². The molecule has 0 saturated heterocycles. The van der Waals surface area contributed by atoms with Gasteiger partial charge in [-0.2, -0.15) is 4.99 Å². The van der Waals surface area contributed by atoms with Crippen LogP contribution in [0.1, 0.15) is 17.3 Å². The normalized spacial score (nSPS) is 11.3. The van der Waals surface area contributed by atoms with Crippen LogP contribution in [0.25, 0.3) is 10.2 Å². The van der Waals surface area contributed by atoms with Gasteiger partial charge in [-0.25, -0.2) is 0 Å². The van der Waals surface area contributed by atoms with Crippen LogP contribution in [0.4, 0.5) is 5.69 Å². The number of ether oxygens (including phenoxy) is 1. The van der Waals surface area contributed by atoms with Crippen LogP contribution in [-0.2, 0) is 6.54 Å². The molecule has 136 valence electrons. The number of rotatable bonds is 5. The zero-order chi connectivity index (χ0) is 19.4. The Kier molecular flexibility index (Phi) is 5.33. The highest BCUT2D eigenvalue weighted by molar-refractivity contribution is 7.16. The Bertz CT molecular complexity index is 1120. The summed E-state index contributed by atoms with van der Waals surface area (Å²) in [6.45, 7) is 2.72. The van der Waals surface area contributed by atoms with Gasteiger partial charge < -0.3 is 9.30 Å². The van der Waals surface area contributed by atoms with Crippen molar-refractivity contribution >= 4 is 33.1 Å². The Balaban J connectivity index is 2.05. The van der Waals surface area contributed by atoms with Crippen molar-refractivity contribution in [2.45, 2.75) is 13.5 Å². The molecule has 0 bridgehead atoms. The molecule has 3 rings (SSSR count). The van der Waals surface area contributed by atoms with E-state index in [1.165, 1.54) is 35.6 Å². The lowest BCUT2D eigenvalue weighted by Gasteiger charge is -2.03. The highest BCUT2D eigenvalue weighted by Gasteiger charge is 2.11. The molecule has 0 aliphatic rings. The first-order valence-electron chi connectivity index (χ1n) is 8.06. The van der Waals surface area contributed by atoms with Crippen molar-refractivity contribution in [1.82, 2.24) is 4.57 Å². The van der Waals surface area contributed by atoms with Crippen LogP contribution < -0.4 is 9.54 Å². The fourth-order valence-corrected chi connectivity index (χ4v) is 3.57. The second-order valence-electron chi connectivity index (χ2n) is 5.46. The summed E-state index contributed by atoms with van der Waals surface area (Å²) < 4.78 is 8.18. The third-order valence-corrected chi connectivity index (χ3v) is 4.78. The third kappa shape index (κ3) is 3.88. The molecule has 0 aliphatic heterocycles. The van der Waals surface area contributed by atoms with Crippen molar-refractivity contribution in [1.29, 1.82) is 0 Å². The van der Waals surface area contributed by atoms with Gasteiger partial charge in [0.05, 0.1) is 28.3 Å². The summed E-state index contributed by atoms with van der Waals surface area (Å²) in [5.41, 5.74) is 1.04. The van der Waals surface area contributed by atoms with Crippen LogP contribution in [0.5, 0.6) is 5.75 Å². The number of amides is 1. The van der Waals surface area contributed by atoms with Gasteiger partial charge in [-0.1, -0.05) is 17.3 Å². The van der Waals surface area contributed by atoms with E-state index < -0.39 is 10.8 Å². The Labute approximate surface area is 158 Å². The lowest BCUT2D eigenvalue weighted by Crippen LogP contribution is -2.16. The molecule has 0 N–H and O–H groups in total. The Hall–Kier alpha value is -3.44. The molecule has 0 unspecified atom stereocenters. The summed E-state index contributed by atoms with van der Waals surface area (Å²) in [7, 11) is 0. The minimum absolute atomic E-state index is 0.0840. The number of hydrogen-bond donors (Lipinski definition) is 0. The van der Waals surface area contributed by atoms with E-state index in [1.807, 2.05) is 25.1 Å². The molecule has 0 atom stereocenters. The van der Waals surface area contributed by atoms with Gasteiger partial charge in [0.2, 0.25) is 0 Å². The smallest absolute Gasteiger partial charge is 0.279 e. The Morgan fingerprint density at radius 1 is 1.33 bits per heavy atom. The number of nitro benzene ring substituents is 1. The number of fused-ring (bicyclic) bond motifs is 1. The van der Waals surface area contributed by atoms with Crippen LogP contribution in [0.2, 0.25) is 0 Å². The summed E-state index contributed by atoms with van der Waals surface area (Å²) in [6.07, 6.45) is 5.46. The van der Waals surface area contributed by atoms with E-state index in [0.29, 0.717) is 11.4 Å². The van der Waals surface area contributed by atoms with Gasteiger partial charge in [0, 0.05) is 17.7 Å². The quantitative estimate of drug-likeness (QED) is 0.385. The summed E-state index contributed by atoms with van der Waals surface area (Å²) in [5, 5.41) is 10.7. The van der Waals surface area contributed by atoms with Crippen LogP contribution in [0.15, 0.2) is 47.5 Å². The molecule has 27 heavy (non-hydrogen) atoms. The summed E-state index contributed by atoms with van der Waals surface area (Å²) in [6, 6.07) is 10.9. The van der Waals surface area contributed by atoms with E-state index in [2.05, 4.69) is 10.9 Å². The number of nitro groups is 1. The molecule has 3 aromatic rings. The van der Waals surface area contributed by atoms with E-state index in [-0.39, 0.29) is 17.8 Å². The van der Waals surface area contributed by atoms with Crippen molar-refractivity contribution in [2.75, 3.05) is 6.61 Å². The van der Waals surface area contributed by atoms with Gasteiger partial charge in [-0.05, 0) is 37.3 Å². The SMILES string of the molecule is C#CCn1c(=NC(=O)c2ccc([N+](=O)[O-])cc2)sc2cc(OCC)ccc21. The molecular weight excluding hydrogens is 366 g/mol. The van der Waals surface area contributed by atoms with Crippen molar-refractivity contribution in [3.63, 3.8) is 0 Å². The molecular formula is C19H15N3O4S. The van der Waals surface area contributed by atoms with Gasteiger partial charge in [0.15, 0.2) is 4.80 Å². The van der Waals surface area contributed by atoms with Gasteiger partial charge in [0.1, 0.15) is 5.75 Å². The average Bonchev–Trinajstić information content (AvgIpc) is 2.99. The molecule has 2 aromatic carbocycles. The number of hydrogen-bond acceptors (Lipinski definition) is 5. The lowest BCUT2D eigenvalue weighted by atomic mass is 10.2. The minimum Gasteiger partial charge on any atom is -0.494 e.